The van der Waals surface area contributed by atoms with Gasteiger partial charge in [-0.25, -0.2) is 0 Å². The maximum absolute atomic E-state index is 12.4. The number of amides is 1. The summed E-state index contributed by atoms with van der Waals surface area (Å²) >= 11 is 0. The van der Waals surface area contributed by atoms with Crippen molar-refractivity contribution in [2.45, 2.75) is 26.2 Å². The lowest BCUT2D eigenvalue weighted by atomic mass is 10.1. The number of Topliss-reactive ketones (excluding diaryl/α,β-unsaturated/α-hetero) is 1. The van der Waals surface area contributed by atoms with E-state index in [1.54, 1.807) is 30.6 Å². The van der Waals surface area contributed by atoms with E-state index in [2.05, 4.69) is 10.3 Å². The van der Waals surface area contributed by atoms with Crippen LogP contribution in [0, 0.1) is 0 Å². The van der Waals surface area contributed by atoms with E-state index in [1.165, 1.54) is 6.08 Å². The number of hydrogen-bond donors (Lipinski definition) is 1. The number of aromatic nitrogens is 1. The molecule has 0 aliphatic carbocycles. The summed E-state index contributed by atoms with van der Waals surface area (Å²) < 4.78 is 0. The Kier molecular flexibility index (Phi) is 7.32. The van der Waals surface area contributed by atoms with Crippen LogP contribution in [-0.4, -0.2) is 16.7 Å². The first kappa shape index (κ1) is 18.3. The molecule has 0 fully saturated rings. The van der Waals surface area contributed by atoms with E-state index in [0.717, 1.165) is 24.0 Å². The van der Waals surface area contributed by atoms with Crippen molar-refractivity contribution in [2.75, 3.05) is 0 Å². The van der Waals surface area contributed by atoms with Gasteiger partial charge in [-0.1, -0.05) is 49.7 Å². The highest BCUT2D eigenvalue weighted by Gasteiger charge is 2.11. The zero-order chi connectivity index (χ0) is 17.9. The highest BCUT2D eigenvalue weighted by Crippen LogP contribution is 2.09. The van der Waals surface area contributed by atoms with Gasteiger partial charge in [-0.15, -0.1) is 0 Å². The van der Waals surface area contributed by atoms with Crippen LogP contribution in [0.25, 0.3) is 12.2 Å². The smallest absolute Gasteiger partial charge is 0.248 e. The van der Waals surface area contributed by atoms with Gasteiger partial charge in [-0.2, -0.15) is 0 Å². The number of allylic oxidation sites excluding steroid dienone is 1. The van der Waals surface area contributed by atoms with Crippen LogP contribution in [0.4, 0.5) is 0 Å². The molecular weight excluding hydrogens is 312 g/mol. The standard InChI is InChI=1S/C21H22N2O2/c1-2-3-11-20(24)19(15-18-10-7-14-22-16-18)23-21(25)13-12-17-8-5-4-6-9-17/h4-10,12-16H,2-3,11H2,1H3,(H,23,25)/b13-12+,19-15-. The molecule has 2 rings (SSSR count). The van der Waals surface area contributed by atoms with Gasteiger partial charge >= 0.3 is 0 Å². The van der Waals surface area contributed by atoms with Crippen LogP contribution in [-0.2, 0) is 9.59 Å². The number of ketones is 1. The summed E-state index contributed by atoms with van der Waals surface area (Å²) in [5.41, 5.74) is 1.99. The Morgan fingerprint density at radius 3 is 2.52 bits per heavy atom. The van der Waals surface area contributed by atoms with Crippen molar-refractivity contribution in [3.8, 4) is 0 Å². The van der Waals surface area contributed by atoms with Crippen molar-refractivity contribution in [3.05, 3.63) is 77.8 Å². The third-order valence-corrected chi connectivity index (χ3v) is 3.54. The van der Waals surface area contributed by atoms with Crippen LogP contribution in [0.2, 0.25) is 0 Å². The van der Waals surface area contributed by atoms with E-state index >= 15 is 0 Å². The fourth-order valence-corrected chi connectivity index (χ4v) is 2.20. The molecule has 1 N–H and O–H groups in total. The van der Waals surface area contributed by atoms with Gasteiger partial charge in [-0.05, 0) is 35.8 Å². The predicted octanol–water partition coefficient (Wildman–Crippen LogP) is 4.01. The van der Waals surface area contributed by atoms with Gasteiger partial charge in [0.15, 0.2) is 5.78 Å². The van der Waals surface area contributed by atoms with Crippen molar-refractivity contribution in [1.82, 2.24) is 10.3 Å². The Bertz CT molecular complexity index is 750. The molecule has 0 radical (unpaired) electrons. The first-order valence-corrected chi connectivity index (χ1v) is 8.38. The van der Waals surface area contributed by atoms with Crippen molar-refractivity contribution >= 4 is 23.8 Å². The number of benzene rings is 1. The van der Waals surface area contributed by atoms with Gasteiger partial charge in [0.25, 0.3) is 0 Å². The average molecular weight is 334 g/mol. The van der Waals surface area contributed by atoms with E-state index in [4.69, 9.17) is 0 Å². The molecular formula is C21H22N2O2. The monoisotopic (exact) mass is 334 g/mol. The molecule has 0 saturated carbocycles. The number of unbranched alkanes of at least 4 members (excludes halogenated alkanes) is 1. The highest BCUT2D eigenvalue weighted by molar-refractivity contribution is 6.05. The fraction of sp³-hybridized carbons (Fsp3) is 0.190. The lowest BCUT2D eigenvalue weighted by Crippen LogP contribution is -2.25. The Morgan fingerprint density at radius 1 is 1.08 bits per heavy atom. The highest BCUT2D eigenvalue weighted by atomic mass is 16.2. The topological polar surface area (TPSA) is 59.1 Å². The van der Waals surface area contributed by atoms with E-state index < -0.39 is 0 Å². The maximum Gasteiger partial charge on any atom is 0.248 e. The van der Waals surface area contributed by atoms with Crippen LogP contribution in [0.3, 0.4) is 0 Å². The van der Waals surface area contributed by atoms with E-state index in [9.17, 15) is 9.59 Å². The van der Waals surface area contributed by atoms with Crippen LogP contribution in [0.1, 0.15) is 37.3 Å². The second-order valence-corrected chi connectivity index (χ2v) is 5.60. The normalized spacial score (nSPS) is 11.5. The van der Waals surface area contributed by atoms with Crippen LogP contribution >= 0.6 is 0 Å². The molecule has 0 aliphatic heterocycles. The number of nitrogens with one attached hydrogen (secondary N) is 1. The largest absolute Gasteiger partial charge is 0.319 e. The summed E-state index contributed by atoms with van der Waals surface area (Å²) in [5.74, 6) is -0.406. The van der Waals surface area contributed by atoms with Crippen LogP contribution < -0.4 is 5.32 Å². The van der Waals surface area contributed by atoms with Crippen molar-refractivity contribution in [2.24, 2.45) is 0 Å². The Labute approximate surface area is 148 Å². The molecule has 0 unspecified atom stereocenters. The molecule has 0 atom stereocenters. The first-order chi connectivity index (χ1) is 12.2. The summed E-state index contributed by atoms with van der Waals surface area (Å²) in [6.45, 7) is 2.03. The minimum absolute atomic E-state index is 0.0767. The lowest BCUT2D eigenvalue weighted by Gasteiger charge is -2.07. The Morgan fingerprint density at radius 2 is 1.84 bits per heavy atom. The molecule has 1 heterocycles. The minimum atomic E-state index is -0.330. The lowest BCUT2D eigenvalue weighted by molar-refractivity contribution is -0.120. The van der Waals surface area contributed by atoms with E-state index in [1.807, 2.05) is 43.3 Å². The summed E-state index contributed by atoms with van der Waals surface area (Å²) in [6, 6.07) is 13.2. The molecule has 4 nitrogen and oxygen atoms in total. The van der Waals surface area contributed by atoms with E-state index in [0.29, 0.717) is 12.1 Å². The quantitative estimate of drug-likeness (QED) is 0.742. The molecule has 128 valence electrons. The van der Waals surface area contributed by atoms with Gasteiger partial charge in [0, 0.05) is 24.9 Å². The number of pyridine rings is 1. The summed E-state index contributed by atoms with van der Waals surface area (Å²) in [7, 11) is 0. The van der Waals surface area contributed by atoms with Gasteiger partial charge in [0.05, 0.1) is 5.70 Å². The number of rotatable bonds is 8. The molecule has 0 aliphatic rings. The second-order valence-electron chi connectivity index (χ2n) is 5.60. The number of carbonyl (C=O) groups is 2. The zero-order valence-corrected chi connectivity index (χ0v) is 14.3. The molecule has 0 spiro atoms. The third kappa shape index (κ3) is 6.55. The zero-order valence-electron chi connectivity index (χ0n) is 14.3. The van der Waals surface area contributed by atoms with Gasteiger partial charge in [0.1, 0.15) is 0 Å². The molecule has 4 heteroatoms. The molecule has 2 aromatic rings. The minimum Gasteiger partial charge on any atom is -0.319 e. The second kappa shape index (κ2) is 9.98. The summed E-state index contributed by atoms with van der Waals surface area (Å²) in [6.07, 6.45) is 10.3. The Balaban J connectivity index is 2.12. The number of carbonyl (C=O) groups excluding carboxylic acids is 2. The molecule has 1 aromatic carbocycles. The van der Waals surface area contributed by atoms with Crippen molar-refractivity contribution in [3.63, 3.8) is 0 Å². The van der Waals surface area contributed by atoms with Gasteiger partial charge in [0.2, 0.25) is 5.91 Å². The predicted molar refractivity (Wildman–Crippen MR) is 100 cm³/mol. The summed E-state index contributed by atoms with van der Waals surface area (Å²) in [4.78, 5) is 28.6. The van der Waals surface area contributed by atoms with Crippen molar-refractivity contribution in [1.29, 1.82) is 0 Å². The van der Waals surface area contributed by atoms with Gasteiger partial charge in [-0.3, -0.25) is 14.6 Å². The molecule has 1 aromatic heterocycles. The maximum atomic E-state index is 12.4. The van der Waals surface area contributed by atoms with Gasteiger partial charge < -0.3 is 5.32 Å². The molecule has 0 bridgehead atoms. The average Bonchev–Trinajstić information content (AvgIpc) is 2.65. The molecule has 1 amide bonds. The van der Waals surface area contributed by atoms with Crippen molar-refractivity contribution < 1.29 is 9.59 Å². The first-order valence-electron chi connectivity index (χ1n) is 8.38. The molecule has 25 heavy (non-hydrogen) atoms. The molecule has 0 saturated heterocycles. The van der Waals surface area contributed by atoms with Crippen LogP contribution in [0.15, 0.2) is 66.6 Å². The summed E-state index contributed by atoms with van der Waals surface area (Å²) in [5, 5.41) is 2.70. The van der Waals surface area contributed by atoms with E-state index in [-0.39, 0.29) is 11.7 Å². The number of hydrogen-bond acceptors (Lipinski definition) is 3. The Hall–Kier alpha value is -3.01. The number of nitrogens with zero attached hydrogens (tertiary/aromatic N) is 1. The fourth-order valence-electron chi connectivity index (χ4n) is 2.20. The third-order valence-electron chi connectivity index (χ3n) is 3.54. The SMILES string of the molecule is CCCCC(=O)/C(=C/c1cccnc1)NC(=O)/C=C/c1ccccc1. The van der Waals surface area contributed by atoms with Crippen LogP contribution in [0.5, 0.6) is 0 Å².